The van der Waals surface area contributed by atoms with Crippen LogP contribution in [0.25, 0.3) is 0 Å². The van der Waals surface area contributed by atoms with Gasteiger partial charge in [-0.2, -0.15) is 0 Å². The minimum absolute atomic E-state index is 0.00208. The second-order valence-electron chi connectivity index (χ2n) is 3.96. The maximum atomic E-state index is 11.8. The molecule has 0 radical (unpaired) electrons. The van der Waals surface area contributed by atoms with Gasteiger partial charge in [0.2, 0.25) is 5.91 Å². The molecule has 1 amide bonds. The molecule has 1 heterocycles. The highest BCUT2D eigenvalue weighted by Crippen LogP contribution is 2.22. The Labute approximate surface area is 120 Å². The van der Waals surface area contributed by atoms with Gasteiger partial charge in [-0.1, -0.05) is 17.8 Å². The molecule has 100 valence electrons. The quantitative estimate of drug-likeness (QED) is 0.656. The highest BCUT2D eigenvalue weighted by Gasteiger charge is 2.07. The van der Waals surface area contributed by atoms with Gasteiger partial charge in [-0.05, 0) is 24.6 Å². The Morgan fingerprint density at radius 1 is 1.53 bits per heavy atom. The van der Waals surface area contributed by atoms with Crippen molar-refractivity contribution in [1.82, 2.24) is 4.98 Å². The van der Waals surface area contributed by atoms with E-state index in [2.05, 4.69) is 10.3 Å². The van der Waals surface area contributed by atoms with E-state index in [9.17, 15) is 4.79 Å². The van der Waals surface area contributed by atoms with Crippen molar-refractivity contribution < 1.29 is 4.79 Å². The van der Waals surface area contributed by atoms with Crippen molar-refractivity contribution in [3.05, 3.63) is 35.3 Å². The topological polar surface area (TPSA) is 68.0 Å². The first kappa shape index (κ1) is 13.9. The number of thioether (sulfide) groups is 1. The standard InChI is InChI=1S/C13H15N3OS2/c1-9-10(14)3-2-4-11(9)16-12(17)5-7-18-13-15-6-8-19-13/h2-4,6,8H,5,7,14H2,1H3,(H,16,17). The SMILES string of the molecule is Cc1c(N)cccc1NC(=O)CCSc1nccs1. The molecule has 0 spiro atoms. The summed E-state index contributed by atoms with van der Waals surface area (Å²) in [4.78, 5) is 16.0. The lowest BCUT2D eigenvalue weighted by Crippen LogP contribution is -2.13. The molecule has 6 heteroatoms. The third-order valence-corrected chi connectivity index (χ3v) is 4.58. The summed E-state index contributed by atoms with van der Waals surface area (Å²) in [5, 5.41) is 4.81. The number of amides is 1. The summed E-state index contributed by atoms with van der Waals surface area (Å²) >= 11 is 3.18. The Bertz CT molecular complexity index is 555. The molecular weight excluding hydrogens is 278 g/mol. The maximum Gasteiger partial charge on any atom is 0.225 e. The number of benzene rings is 1. The summed E-state index contributed by atoms with van der Waals surface area (Å²) < 4.78 is 0.993. The summed E-state index contributed by atoms with van der Waals surface area (Å²) in [6, 6.07) is 5.52. The molecule has 0 aliphatic carbocycles. The Morgan fingerprint density at radius 3 is 3.11 bits per heavy atom. The average molecular weight is 293 g/mol. The van der Waals surface area contributed by atoms with Crippen molar-refractivity contribution in [2.45, 2.75) is 17.7 Å². The summed E-state index contributed by atoms with van der Waals surface area (Å²) in [7, 11) is 0. The van der Waals surface area contributed by atoms with Crippen LogP contribution in [0.15, 0.2) is 34.1 Å². The average Bonchev–Trinajstić information content (AvgIpc) is 2.88. The van der Waals surface area contributed by atoms with E-state index in [4.69, 9.17) is 5.73 Å². The second-order valence-corrected chi connectivity index (χ2v) is 6.20. The zero-order valence-electron chi connectivity index (χ0n) is 10.6. The van der Waals surface area contributed by atoms with Crippen molar-refractivity contribution >= 4 is 40.4 Å². The van der Waals surface area contributed by atoms with Gasteiger partial charge in [0.05, 0.1) is 0 Å². The number of thiazole rings is 1. The van der Waals surface area contributed by atoms with Gasteiger partial charge in [0, 0.05) is 35.1 Å². The zero-order chi connectivity index (χ0) is 13.7. The number of carbonyl (C=O) groups is 1. The molecule has 0 aliphatic rings. The highest BCUT2D eigenvalue weighted by molar-refractivity contribution is 8.01. The molecule has 0 fully saturated rings. The molecule has 0 saturated heterocycles. The monoisotopic (exact) mass is 293 g/mol. The first-order valence-electron chi connectivity index (χ1n) is 5.84. The summed E-state index contributed by atoms with van der Waals surface area (Å²) in [6.45, 7) is 1.90. The number of nitrogens with zero attached hydrogens (tertiary/aromatic N) is 1. The van der Waals surface area contributed by atoms with Crippen molar-refractivity contribution in [2.75, 3.05) is 16.8 Å². The van der Waals surface area contributed by atoms with Crippen LogP contribution >= 0.6 is 23.1 Å². The molecule has 2 rings (SSSR count). The molecule has 0 saturated carbocycles. The van der Waals surface area contributed by atoms with Crippen LogP contribution in [-0.2, 0) is 4.79 Å². The van der Waals surface area contributed by atoms with Crippen LogP contribution < -0.4 is 11.1 Å². The minimum atomic E-state index is -0.00208. The number of hydrogen-bond donors (Lipinski definition) is 2. The van der Waals surface area contributed by atoms with Gasteiger partial charge >= 0.3 is 0 Å². The molecule has 4 nitrogen and oxygen atoms in total. The number of carbonyl (C=O) groups excluding carboxylic acids is 1. The number of nitrogens with one attached hydrogen (secondary N) is 1. The second kappa shape index (κ2) is 6.58. The molecule has 0 aliphatic heterocycles. The van der Waals surface area contributed by atoms with Gasteiger partial charge in [0.25, 0.3) is 0 Å². The van der Waals surface area contributed by atoms with E-state index in [-0.39, 0.29) is 5.91 Å². The number of hydrogen-bond acceptors (Lipinski definition) is 5. The molecule has 2 aromatic rings. The number of anilines is 2. The normalized spacial score (nSPS) is 10.4. The minimum Gasteiger partial charge on any atom is -0.398 e. The maximum absolute atomic E-state index is 11.8. The van der Waals surface area contributed by atoms with Gasteiger partial charge in [-0.15, -0.1) is 11.3 Å². The van der Waals surface area contributed by atoms with Crippen molar-refractivity contribution in [3.8, 4) is 0 Å². The van der Waals surface area contributed by atoms with Crippen LogP contribution in [0.2, 0.25) is 0 Å². The molecule has 0 unspecified atom stereocenters. The lowest BCUT2D eigenvalue weighted by atomic mass is 10.1. The molecule has 1 aromatic carbocycles. The fourth-order valence-corrected chi connectivity index (χ4v) is 3.16. The molecule has 0 bridgehead atoms. The zero-order valence-corrected chi connectivity index (χ0v) is 12.2. The van der Waals surface area contributed by atoms with E-state index >= 15 is 0 Å². The Balaban J connectivity index is 1.82. The van der Waals surface area contributed by atoms with Gasteiger partial charge in [-0.25, -0.2) is 4.98 Å². The molecule has 1 aromatic heterocycles. The number of aromatic nitrogens is 1. The third-order valence-electron chi connectivity index (χ3n) is 2.61. The number of nitrogen functional groups attached to an aromatic ring is 1. The van der Waals surface area contributed by atoms with Gasteiger partial charge in [-0.3, -0.25) is 4.79 Å². The largest absolute Gasteiger partial charge is 0.398 e. The van der Waals surface area contributed by atoms with E-state index in [0.717, 1.165) is 21.3 Å². The highest BCUT2D eigenvalue weighted by atomic mass is 32.2. The van der Waals surface area contributed by atoms with E-state index < -0.39 is 0 Å². The van der Waals surface area contributed by atoms with Crippen LogP contribution in [0, 0.1) is 6.92 Å². The molecular formula is C13H15N3OS2. The first-order valence-corrected chi connectivity index (χ1v) is 7.70. The van der Waals surface area contributed by atoms with Crippen LogP contribution in [-0.4, -0.2) is 16.6 Å². The lowest BCUT2D eigenvalue weighted by molar-refractivity contribution is -0.115. The Morgan fingerprint density at radius 2 is 2.37 bits per heavy atom. The van der Waals surface area contributed by atoms with E-state index in [1.807, 2.05) is 30.5 Å². The Kier molecular flexibility index (Phi) is 4.81. The number of nitrogens with two attached hydrogens (primary N) is 1. The van der Waals surface area contributed by atoms with Gasteiger partial charge in [0.15, 0.2) is 0 Å². The van der Waals surface area contributed by atoms with E-state index in [0.29, 0.717) is 12.1 Å². The summed E-state index contributed by atoms with van der Waals surface area (Å²) in [5.74, 6) is 0.721. The van der Waals surface area contributed by atoms with Gasteiger partial charge < -0.3 is 11.1 Å². The summed E-state index contributed by atoms with van der Waals surface area (Å²) in [6.07, 6.45) is 2.22. The first-order chi connectivity index (χ1) is 9.16. The van der Waals surface area contributed by atoms with Crippen molar-refractivity contribution in [3.63, 3.8) is 0 Å². The smallest absolute Gasteiger partial charge is 0.225 e. The van der Waals surface area contributed by atoms with Crippen molar-refractivity contribution in [1.29, 1.82) is 0 Å². The predicted octanol–water partition coefficient (Wildman–Crippen LogP) is 3.15. The molecule has 19 heavy (non-hydrogen) atoms. The van der Waals surface area contributed by atoms with Gasteiger partial charge in [0.1, 0.15) is 4.34 Å². The van der Waals surface area contributed by atoms with E-state index in [1.165, 1.54) is 0 Å². The lowest BCUT2D eigenvalue weighted by Gasteiger charge is -2.09. The predicted molar refractivity (Wildman–Crippen MR) is 81.7 cm³/mol. The Hall–Kier alpha value is -1.53. The van der Waals surface area contributed by atoms with Crippen LogP contribution in [0.5, 0.6) is 0 Å². The number of rotatable bonds is 5. The fourth-order valence-electron chi connectivity index (χ4n) is 1.51. The van der Waals surface area contributed by atoms with Crippen LogP contribution in [0.4, 0.5) is 11.4 Å². The molecule has 3 N–H and O–H groups in total. The molecule has 0 atom stereocenters. The van der Waals surface area contributed by atoms with E-state index in [1.54, 1.807) is 29.3 Å². The van der Waals surface area contributed by atoms with Crippen LogP contribution in [0.3, 0.4) is 0 Å². The third kappa shape index (κ3) is 3.97. The summed E-state index contributed by atoms with van der Waals surface area (Å²) in [5.41, 5.74) is 8.18. The fraction of sp³-hybridized carbons (Fsp3) is 0.231. The van der Waals surface area contributed by atoms with Crippen LogP contribution in [0.1, 0.15) is 12.0 Å². The van der Waals surface area contributed by atoms with Crippen molar-refractivity contribution in [2.24, 2.45) is 0 Å².